The van der Waals surface area contributed by atoms with Gasteiger partial charge in [-0.3, -0.25) is 9.69 Å². The summed E-state index contributed by atoms with van der Waals surface area (Å²) in [4.78, 5) is 17.0. The van der Waals surface area contributed by atoms with Crippen molar-refractivity contribution in [3.63, 3.8) is 0 Å². The zero-order chi connectivity index (χ0) is 16.8. The molecule has 2 aromatic carbocycles. The maximum Gasteiger partial charge on any atom is 0.223 e. The van der Waals surface area contributed by atoms with E-state index in [1.165, 1.54) is 11.1 Å². The van der Waals surface area contributed by atoms with Gasteiger partial charge in [0.15, 0.2) is 0 Å². The van der Waals surface area contributed by atoms with Crippen LogP contribution in [0.3, 0.4) is 0 Å². The molecular weight excluding hydrogens is 296 g/mol. The molecule has 1 amide bonds. The molecule has 1 aliphatic rings. The predicted octanol–water partition coefficient (Wildman–Crippen LogP) is 3.52. The van der Waals surface area contributed by atoms with Crippen LogP contribution in [0, 0.1) is 0 Å². The van der Waals surface area contributed by atoms with Gasteiger partial charge in [0.25, 0.3) is 0 Å². The molecule has 0 aromatic heterocycles. The third kappa shape index (κ3) is 4.45. The van der Waals surface area contributed by atoms with Crippen molar-refractivity contribution < 1.29 is 4.79 Å². The lowest BCUT2D eigenvalue weighted by molar-refractivity contribution is -0.133. The summed E-state index contributed by atoms with van der Waals surface area (Å²) in [7, 11) is 0. The summed E-state index contributed by atoms with van der Waals surface area (Å²) >= 11 is 0. The Morgan fingerprint density at radius 3 is 2.12 bits per heavy atom. The van der Waals surface area contributed by atoms with Crippen LogP contribution in [0.25, 0.3) is 0 Å². The first-order chi connectivity index (χ1) is 11.7. The summed E-state index contributed by atoms with van der Waals surface area (Å²) in [5.41, 5.74) is 2.59. The van der Waals surface area contributed by atoms with Crippen LogP contribution in [0.1, 0.15) is 30.4 Å². The lowest BCUT2D eigenvalue weighted by atomic mass is 9.97. The fourth-order valence-corrected chi connectivity index (χ4v) is 3.29. The van der Waals surface area contributed by atoms with Crippen molar-refractivity contribution in [3.8, 4) is 0 Å². The van der Waals surface area contributed by atoms with Crippen LogP contribution in [0.2, 0.25) is 0 Å². The van der Waals surface area contributed by atoms with Crippen LogP contribution < -0.4 is 0 Å². The Morgan fingerprint density at radius 1 is 0.917 bits per heavy atom. The summed E-state index contributed by atoms with van der Waals surface area (Å²) in [6, 6.07) is 20.9. The maximum atomic E-state index is 12.6. The molecule has 0 unspecified atom stereocenters. The molecule has 1 heterocycles. The molecule has 0 saturated carbocycles. The van der Waals surface area contributed by atoms with Crippen molar-refractivity contribution in [2.75, 3.05) is 26.2 Å². The van der Waals surface area contributed by atoms with Gasteiger partial charge in [0.2, 0.25) is 5.91 Å². The monoisotopic (exact) mass is 322 g/mol. The smallest absolute Gasteiger partial charge is 0.223 e. The minimum Gasteiger partial charge on any atom is -0.340 e. The van der Waals surface area contributed by atoms with Gasteiger partial charge in [0, 0.05) is 39.1 Å². The van der Waals surface area contributed by atoms with E-state index in [1.807, 2.05) is 29.2 Å². The Balaban J connectivity index is 1.47. The average Bonchev–Trinajstić information content (AvgIpc) is 2.64. The molecule has 1 aliphatic heterocycles. The fourth-order valence-electron chi connectivity index (χ4n) is 3.29. The van der Waals surface area contributed by atoms with E-state index in [0.29, 0.717) is 6.42 Å². The minimum atomic E-state index is 0.279. The quantitative estimate of drug-likeness (QED) is 0.841. The topological polar surface area (TPSA) is 23.6 Å². The number of benzene rings is 2. The first kappa shape index (κ1) is 16.7. The highest BCUT2D eigenvalue weighted by Crippen LogP contribution is 2.20. The SMILES string of the molecule is C[C@@H](CC(=O)N1CCN(Cc2ccccc2)CC1)c1ccccc1. The molecule has 0 spiro atoms. The van der Waals surface area contributed by atoms with E-state index in [1.54, 1.807) is 0 Å². The van der Waals surface area contributed by atoms with E-state index < -0.39 is 0 Å². The van der Waals surface area contributed by atoms with Gasteiger partial charge < -0.3 is 4.90 Å². The second kappa shape index (κ2) is 8.11. The Kier molecular flexibility index (Phi) is 5.65. The molecule has 0 bridgehead atoms. The molecule has 3 rings (SSSR count). The zero-order valence-corrected chi connectivity index (χ0v) is 14.4. The standard InChI is InChI=1S/C21H26N2O/c1-18(20-10-6-3-7-11-20)16-21(24)23-14-12-22(13-15-23)17-19-8-4-2-5-9-19/h2-11,18H,12-17H2,1H3/t18-/m0/s1. The van der Waals surface area contributed by atoms with Gasteiger partial charge in [-0.25, -0.2) is 0 Å². The van der Waals surface area contributed by atoms with Crippen LogP contribution in [-0.2, 0) is 11.3 Å². The third-order valence-corrected chi connectivity index (χ3v) is 4.82. The van der Waals surface area contributed by atoms with E-state index in [9.17, 15) is 4.79 Å². The third-order valence-electron chi connectivity index (χ3n) is 4.82. The van der Waals surface area contributed by atoms with Crippen molar-refractivity contribution in [2.45, 2.75) is 25.8 Å². The van der Waals surface area contributed by atoms with Crippen LogP contribution in [-0.4, -0.2) is 41.9 Å². The number of amides is 1. The van der Waals surface area contributed by atoms with Crippen molar-refractivity contribution in [1.29, 1.82) is 0 Å². The minimum absolute atomic E-state index is 0.279. The molecule has 3 nitrogen and oxygen atoms in total. The number of carbonyl (C=O) groups excluding carboxylic acids is 1. The molecule has 2 aromatic rings. The van der Waals surface area contributed by atoms with Crippen LogP contribution in [0.5, 0.6) is 0 Å². The highest BCUT2D eigenvalue weighted by Gasteiger charge is 2.22. The van der Waals surface area contributed by atoms with E-state index in [0.717, 1.165) is 32.7 Å². The molecule has 1 atom stereocenters. The summed E-state index contributed by atoms with van der Waals surface area (Å²) in [6.45, 7) is 6.71. The van der Waals surface area contributed by atoms with E-state index in [-0.39, 0.29) is 11.8 Å². The van der Waals surface area contributed by atoms with Gasteiger partial charge in [-0.2, -0.15) is 0 Å². The summed E-state index contributed by atoms with van der Waals surface area (Å²) in [5.74, 6) is 0.562. The van der Waals surface area contributed by atoms with Gasteiger partial charge in [0.1, 0.15) is 0 Å². The van der Waals surface area contributed by atoms with Crippen LogP contribution >= 0.6 is 0 Å². The number of hydrogen-bond acceptors (Lipinski definition) is 2. The average molecular weight is 322 g/mol. The highest BCUT2D eigenvalue weighted by atomic mass is 16.2. The molecule has 0 aliphatic carbocycles. The van der Waals surface area contributed by atoms with Crippen molar-refractivity contribution in [3.05, 3.63) is 71.8 Å². The number of rotatable bonds is 5. The van der Waals surface area contributed by atoms with Gasteiger partial charge >= 0.3 is 0 Å². The molecule has 3 heteroatoms. The van der Waals surface area contributed by atoms with E-state index in [4.69, 9.17) is 0 Å². The maximum absolute atomic E-state index is 12.6. The van der Waals surface area contributed by atoms with Gasteiger partial charge in [-0.05, 0) is 17.0 Å². The number of carbonyl (C=O) groups is 1. The lowest BCUT2D eigenvalue weighted by Crippen LogP contribution is -2.48. The molecule has 24 heavy (non-hydrogen) atoms. The summed E-state index contributed by atoms with van der Waals surface area (Å²) in [5, 5.41) is 0. The molecule has 1 saturated heterocycles. The van der Waals surface area contributed by atoms with E-state index >= 15 is 0 Å². The Hall–Kier alpha value is -2.13. The highest BCUT2D eigenvalue weighted by molar-refractivity contribution is 5.77. The normalized spacial score (nSPS) is 16.8. The molecule has 0 N–H and O–H groups in total. The number of hydrogen-bond donors (Lipinski definition) is 0. The van der Waals surface area contributed by atoms with Crippen molar-refractivity contribution in [2.24, 2.45) is 0 Å². The largest absolute Gasteiger partial charge is 0.340 e. The first-order valence-electron chi connectivity index (χ1n) is 8.81. The van der Waals surface area contributed by atoms with Gasteiger partial charge in [-0.15, -0.1) is 0 Å². The van der Waals surface area contributed by atoms with Crippen LogP contribution in [0.4, 0.5) is 0 Å². The fraction of sp³-hybridized carbons (Fsp3) is 0.381. The Bertz CT molecular complexity index is 633. The Morgan fingerprint density at radius 2 is 1.50 bits per heavy atom. The first-order valence-corrected chi connectivity index (χ1v) is 8.81. The number of nitrogens with zero attached hydrogens (tertiary/aromatic N) is 2. The van der Waals surface area contributed by atoms with Crippen molar-refractivity contribution >= 4 is 5.91 Å². The predicted molar refractivity (Wildman–Crippen MR) is 97.8 cm³/mol. The second-order valence-electron chi connectivity index (χ2n) is 6.66. The summed E-state index contributed by atoms with van der Waals surface area (Å²) in [6.07, 6.45) is 0.600. The molecule has 1 fully saturated rings. The Labute approximate surface area is 144 Å². The summed E-state index contributed by atoms with van der Waals surface area (Å²) < 4.78 is 0. The van der Waals surface area contributed by atoms with Crippen LogP contribution in [0.15, 0.2) is 60.7 Å². The number of piperazine rings is 1. The van der Waals surface area contributed by atoms with Gasteiger partial charge in [0.05, 0.1) is 0 Å². The molecular formula is C21H26N2O. The lowest BCUT2D eigenvalue weighted by Gasteiger charge is -2.35. The second-order valence-corrected chi connectivity index (χ2v) is 6.66. The zero-order valence-electron chi connectivity index (χ0n) is 14.4. The molecule has 126 valence electrons. The van der Waals surface area contributed by atoms with Gasteiger partial charge in [-0.1, -0.05) is 67.6 Å². The van der Waals surface area contributed by atoms with E-state index in [2.05, 4.69) is 48.2 Å². The van der Waals surface area contributed by atoms with Crippen molar-refractivity contribution in [1.82, 2.24) is 9.80 Å². The molecule has 0 radical (unpaired) electrons.